The van der Waals surface area contributed by atoms with Gasteiger partial charge in [0, 0.05) is 17.6 Å². The summed E-state index contributed by atoms with van der Waals surface area (Å²) in [6, 6.07) is 2.54. The quantitative estimate of drug-likeness (QED) is 0.775. The summed E-state index contributed by atoms with van der Waals surface area (Å²) in [4.78, 5) is 14.0. The van der Waals surface area contributed by atoms with Gasteiger partial charge in [-0.3, -0.25) is 4.79 Å². The van der Waals surface area contributed by atoms with Gasteiger partial charge in [0.1, 0.15) is 5.82 Å². The van der Waals surface area contributed by atoms with Gasteiger partial charge in [-0.25, -0.2) is 4.39 Å². The predicted octanol–water partition coefficient (Wildman–Crippen LogP) is 2.16. The van der Waals surface area contributed by atoms with Gasteiger partial charge in [0.25, 0.3) is 5.91 Å². The number of carbonyl (C=O) groups excluding carboxylic acids is 1. The van der Waals surface area contributed by atoms with E-state index in [0.29, 0.717) is 36.0 Å². The first-order valence-corrected chi connectivity index (χ1v) is 6.86. The van der Waals surface area contributed by atoms with Gasteiger partial charge in [-0.2, -0.15) is 0 Å². The first-order chi connectivity index (χ1) is 8.80. The lowest BCUT2D eigenvalue weighted by Crippen LogP contribution is -2.45. The minimum absolute atomic E-state index is 0.0458. The highest BCUT2D eigenvalue weighted by Crippen LogP contribution is 2.27. The highest BCUT2D eigenvalue weighted by molar-refractivity contribution is 9.10. The van der Waals surface area contributed by atoms with E-state index in [9.17, 15) is 14.3 Å². The Morgan fingerprint density at radius 3 is 2.63 bits per heavy atom. The van der Waals surface area contributed by atoms with Crippen molar-refractivity contribution in [3.05, 3.63) is 28.0 Å². The average molecular weight is 331 g/mol. The van der Waals surface area contributed by atoms with Crippen LogP contribution in [0, 0.1) is 5.82 Å². The normalized spacial score (nSPS) is 18.4. The third-order valence-electron chi connectivity index (χ3n) is 3.44. The largest absolute Gasteiger partial charge is 0.396 e. The summed E-state index contributed by atoms with van der Waals surface area (Å²) in [5, 5.41) is 9.86. The van der Waals surface area contributed by atoms with Crippen LogP contribution in [0.1, 0.15) is 30.1 Å². The molecule has 3 N–H and O–H groups in total. The summed E-state index contributed by atoms with van der Waals surface area (Å²) < 4.78 is 13.6. The zero-order valence-electron chi connectivity index (χ0n) is 10.6. The standard InChI is InChI=1S/C13H16BrFN2O2/c1-13(19)2-4-17(5-3-13)12(18)8-6-11(16)10(15)7-9(8)14/h6-7,19H,2-5,16H2,1H3. The Morgan fingerprint density at radius 2 is 2.05 bits per heavy atom. The molecule has 2 rings (SSSR count). The van der Waals surface area contributed by atoms with Crippen LogP contribution in [0.2, 0.25) is 0 Å². The fourth-order valence-electron chi connectivity index (χ4n) is 2.09. The maximum atomic E-state index is 13.3. The third-order valence-corrected chi connectivity index (χ3v) is 4.10. The van der Waals surface area contributed by atoms with E-state index in [4.69, 9.17) is 5.73 Å². The molecule has 0 aromatic heterocycles. The number of nitrogens with zero attached hydrogens (tertiary/aromatic N) is 1. The molecule has 1 aromatic carbocycles. The summed E-state index contributed by atoms with van der Waals surface area (Å²) in [6.07, 6.45) is 1.07. The number of nitrogen functional groups attached to an aromatic ring is 1. The van der Waals surface area contributed by atoms with Crippen molar-refractivity contribution in [1.29, 1.82) is 0 Å². The van der Waals surface area contributed by atoms with E-state index < -0.39 is 11.4 Å². The van der Waals surface area contributed by atoms with Gasteiger partial charge in [-0.1, -0.05) is 0 Å². The molecule has 1 aliphatic rings. The number of likely N-dealkylation sites (tertiary alicyclic amines) is 1. The van der Waals surface area contributed by atoms with Gasteiger partial charge in [-0.05, 0) is 47.8 Å². The second-order valence-corrected chi connectivity index (χ2v) is 6.00. The Morgan fingerprint density at radius 1 is 1.47 bits per heavy atom. The van der Waals surface area contributed by atoms with Gasteiger partial charge in [-0.15, -0.1) is 0 Å². The van der Waals surface area contributed by atoms with Crippen molar-refractivity contribution in [3.8, 4) is 0 Å². The van der Waals surface area contributed by atoms with Crippen molar-refractivity contribution in [3.63, 3.8) is 0 Å². The average Bonchev–Trinajstić information content (AvgIpc) is 2.33. The number of aliphatic hydroxyl groups is 1. The lowest BCUT2D eigenvalue weighted by Gasteiger charge is -2.36. The van der Waals surface area contributed by atoms with Gasteiger partial charge in [0.05, 0.1) is 16.9 Å². The topological polar surface area (TPSA) is 66.6 Å². The summed E-state index contributed by atoms with van der Waals surface area (Å²) >= 11 is 3.18. The molecule has 1 saturated heterocycles. The lowest BCUT2D eigenvalue weighted by atomic mass is 9.93. The number of amides is 1. The Hall–Kier alpha value is -1.14. The number of halogens is 2. The number of nitrogens with two attached hydrogens (primary N) is 1. The molecule has 1 aromatic rings. The summed E-state index contributed by atoms with van der Waals surface area (Å²) in [6.45, 7) is 2.73. The van der Waals surface area contributed by atoms with E-state index in [2.05, 4.69) is 15.9 Å². The molecule has 19 heavy (non-hydrogen) atoms. The van der Waals surface area contributed by atoms with Gasteiger partial charge < -0.3 is 15.7 Å². The first kappa shape index (κ1) is 14.3. The van der Waals surface area contributed by atoms with Crippen molar-refractivity contribution in [1.82, 2.24) is 4.90 Å². The van der Waals surface area contributed by atoms with Crippen LogP contribution in [-0.2, 0) is 0 Å². The molecule has 1 heterocycles. The fraction of sp³-hybridized carbons (Fsp3) is 0.462. The highest BCUT2D eigenvalue weighted by Gasteiger charge is 2.30. The Balaban J connectivity index is 2.19. The molecule has 0 bridgehead atoms. The molecule has 0 aliphatic carbocycles. The molecule has 1 aliphatic heterocycles. The van der Waals surface area contributed by atoms with Crippen molar-refractivity contribution in [2.24, 2.45) is 0 Å². The van der Waals surface area contributed by atoms with E-state index in [0.717, 1.165) is 0 Å². The third kappa shape index (κ3) is 3.06. The summed E-state index contributed by atoms with van der Waals surface area (Å²) in [5.41, 5.74) is 5.08. The number of anilines is 1. The smallest absolute Gasteiger partial charge is 0.255 e. The molecule has 0 saturated carbocycles. The maximum absolute atomic E-state index is 13.3. The summed E-state index contributed by atoms with van der Waals surface area (Å²) in [5.74, 6) is -0.751. The van der Waals surface area contributed by atoms with Gasteiger partial charge in [0.15, 0.2) is 0 Å². The molecule has 0 spiro atoms. The fourth-order valence-corrected chi connectivity index (χ4v) is 2.58. The number of piperidine rings is 1. The van der Waals surface area contributed by atoms with E-state index >= 15 is 0 Å². The molecular formula is C13H16BrFN2O2. The molecule has 4 nitrogen and oxygen atoms in total. The van der Waals surface area contributed by atoms with Crippen LogP contribution >= 0.6 is 15.9 Å². The van der Waals surface area contributed by atoms with Crippen molar-refractivity contribution in [2.75, 3.05) is 18.8 Å². The van der Waals surface area contributed by atoms with Crippen LogP contribution in [-0.4, -0.2) is 34.6 Å². The number of rotatable bonds is 1. The van der Waals surface area contributed by atoms with Crippen molar-refractivity contribution < 1.29 is 14.3 Å². The molecule has 1 fully saturated rings. The number of hydrogen-bond acceptors (Lipinski definition) is 3. The zero-order chi connectivity index (χ0) is 14.2. The van der Waals surface area contributed by atoms with Crippen LogP contribution in [0.5, 0.6) is 0 Å². The number of benzene rings is 1. The van der Waals surface area contributed by atoms with E-state index in [1.807, 2.05) is 0 Å². The van der Waals surface area contributed by atoms with Crippen molar-refractivity contribution in [2.45, 2.75) is 25.4 Å². The van der Waals surface area contributed by atoms with Crippen molar-refractivity contribution >= 4 is 27.5 Å². The molecule has 6 heteroatoms. The van der Waals surface area contributed by atoms with E-state index in [-0.39, 0.29) is 11.6 Å². The Bertz CT molecular complexity index is 510. The SMILES string of the molecule is CC1(O)CCN(C(=O)c2cc(N)c(F)cc2Br)CC1. The maximum Gasteiger partial charge on any atom is 0.255 e. The van der Waals surface area contributed by atoms with Crippen LogP contribution in [0.15, 0.2) is 16.6 Å². The molecule has 1 amide bonds. The first-order valence-electron chi connectivity index (χ1n) is 6.06. The molecule has 0 atom stereocenters. The molecule has 104 valence electrons. The molecule has 0 unspecified atom stereocenters. The molecule has 0 radical (unpaired) electrons. The predicted molar refractivity (Wildman–Crippen MR) is 74.3 cm³/mol. The minimum Gasteiger partial charge on any atom is -0.396 e. The molecular weight excluding hydrogens is 315 g/mol. The number of hydrogen-bond donors (Lipinski definition) is 2. The monoisotopic (exact) mass is 330 g/mol. The second kappa shape index (κ2) is 5.09. The summed E-state index contributed by atoms with van der Waals surface area (Å²) in [7, 11) is 0. The minimum atomic E-state index is -0.712. The van der Waals surface area contributed by atoms with Gasteiger partial charge in [0.2, 0.25) is 0 Å². The second-order valence-electron chi connectivity index (χ2n) is 5.14. The van der Waals surface area contributed by atoms with E-state index in [1.165, 1.54) is 12.1 Å². The van der Waals surface area contributed by atoms with Crippen LogP contribution < -0.4 is 5.73 Å². The number of carbonyl (C=O) groups is 1. The van der Waals surface area contributed by atoms with Crippen LogP contribution in [0.4, 0.5) is 10.1 Å². The Kier molecular flexibility index (Phi) is 3.82. The Labute approximate surface area is 119 Å². The van der Waals surface area contributed by atoms with Crippen LogP contribution in [0.25, 0.3) is 0 Å². The highest BCUT2D eigenvalue weighted by atomic mass is 79.9. The zero-order valence-corrected chi connectivity index (χ0v) is 12.2. The lowest BCUT2D eigenvalue weighted by molar-refractivity contribution is -0.00204. The van der Waals surface area contributed by atoms with Gasteiger partial charge >= 0.3 is 0 Å². The van der Waals surface area contributed by atoms with E-state index in [1.54, 1.807) is 11.8 Å². The van der Waals surface area contributed by atoms with Crippen LogP contribution in [0.3, 0.4) is 0 Å².